The Labute approximate surface area is 188 Å². The van der Waals surface area contributed by atoms with E-state index in [0.29, 0.717) is 28.6 Å². The Balaban J connectivity index is 0.000000225. The van der Waals surface area contributed by atoms with Gasteiger partial charge in [-0.3, -0.25) is 0 Å². The quantitative estimate of drug-likeness (QED) is 0.483. The first-order valence-corrected chi connectivity index (χ1v) is 10.5. The van der Waals surface area contributed by atoms with Gasteiger partial charge in [0.25, 0.3) is 0 Å². The summed E-state index contributed by atoms with van der Waals surface area (Å²) in [7, 11) is 0. The van der Waals surface area contributed by atoms with Crippen LogP contribution in [-0.4, -0.2) is 29.7 Å². The lowest BCUT2D eigenvalue weighted by Gasteiger charge is -2.26. The molecule has 0 heterocycles. The van der Waals surface area contributed by atoms with Crippen LogP contribution in [0.1, 0.15) is 49.8 Å². The molecule has 3 rings (SSSR count). The Kier molecular flexibility index (Phi) is 9.71. The van der Waals surface area contributed by atoms with E-state index in [9.17, 15) is 0 Å². The molecule has 2 aromatic rings. The third-order valence-electron chi connectivity index (χ3n) is 4.77. The summed E-state index contributed by atoms with van der Waals surface area (Å²) in [5, 5.41) is 38.1. The Hall–Kier alpha value is -3.19. The van der Waals surface area contributed by atoms with E-state index in [1.807, 2.05) is 37.3 Å². The second kappa shape index (κ2) is 12.5. The molecule has 0 radical (unpaired) electrons. The van der Waals surface area contributed by atoms with Crippen LogP contribution in [0.3, 0.4) is 0 Å². The summed E-state index contributed by atoms with van der Waals surface area (Å²) in [5.74, 6) is 0.534. The largest absolute Gasteiger partial charge is 0.392 e. The van der Waals surface area contributed by atoms with Gasteiger partial charge in [-0.1, -0.05) is 30.2 Å². The number of aliphatic hydroxyl groups excluding tert-OH is 1. The normalized spacial score (nSPS) is 14.6. The van der Waals surface area contributed by atoms with E-state index < -0.39 is 6.10 Å². The molecule has 1 fully saturated rings. The van der Waals surface area contributed by atoms with E-state index in [1.165, 1.54) is 19.3 Å². The molecular weight excluding hydrogens is 410 g/mol. The summed E-state index contributed by atoms with van der Waals surface area (Å²) in [6.07, 6.45) is 4.94. The molecule has 1 aliphatic rings. The van der Waals surface area contributed by atoms with E-state index >= 15 is 0 Å². The molecule has 6 nitrogen and oxygen atoms in total. The minimum absolute atomic E-state index is 0.413. The minimum Gasteiger partial charge on any atom is -0.392 e. The van der Waals surface area contributed by atoms with Gasteiger partial charge in [0.1, 0.15) is 6.07 Å². The summed E-state index contributed by atoms with van der Waals surface area (Å²) in [6.45, 7) is 4.02. The molecule has 7 heteroatoms. The van der Waals surface area contributed by atoms with E-state index in [-0.39, 0.29) is 0 Å². The van der Waals surface area contributed by atoms with Gasteiger partial charge in [0.05, 0.1) is 34.0 Å². The van der Waals surface area contributed by atoms with Crippen LogP contribution in [-0.2, 0) is 0 Å². The van der Waals surface area contributed by atoms with Crippen molar-refractivity contribution in [1.29, 1.82) is 10.5 Å². The van der Waals surface area contributed by atoms with Crippen molar-refractivity contribution < 1.29 is 5.11 Å². The molecule has 0 amide bonds. The van der Waals surface area contributed by atoms with Gasteiger partial charge in [-0.25, -0.2) is 0 Å². The first kappa shape index (κ1) is 24.1. The summed E-state index contributed by atoms with van der Waals surface area (Å²) in [5.41, 5.74) is 4.07. The Morgan fingerprint density at radius 1 is 1.23 bits per heavy atom. The fraction of sp³-hybridized carbons (Fsp3) is 0.333. The first-order valence-electron chi connectivity index (χ1n) is 10.2. The highest BCUT2D eigenvalue weighted by Gasteiger charge is 2.24. The number of rotatable bonds is 6. The van der Waals surface area contributed by atoms with Crippen molar-refractivity contribution in [1.82, 2.24) is 0 Å². The number of hydrogen-bond donors (Lipinski definition) is 2. The molecule has 0 aliphatic heterocycles. The van der Waals surface area contributed by atoms with Gasteiger partial charge in [0, 0.05) is 24.4 Å². The average Bonchev–Trinajstić information content (AvgIpc) is 2.74. The highest BCUT2D eigenvalue weighted by Crippen LogP contribution is 2.30. The van der Waals surface area contributed by atoms with Gasteiger partial charge in [0.15, 0.2) is 0 Å². The third-order valence-corrected chi connectivity index (χ3v) is 5.09. The lowest BCUT2D eigenvalue weighted by molar-refractivity contribution is 0.208. The number of nitrogens with zero attached hydrogens (tertiary/aromatic N) is 4. The predicted molar refractivity (Wildman–Crippen MR) is 126 cm³/mol. The third kappa shape index (κ3) is 7.53. The highest BCUT2D eigenvalue weighted by molar-refractivity contribution is 6.32. The molecule has 0 spiro atoms. The molecule has 2 aromatic carbocycles. The number of halogens is 1. The van der Waals surface area contributed by atoms with Crippen molar-refractivity contribution in [3.05, 3.63) is 64.2 Å². The molecular formula is C24H26ClN5O. The maximum absolute atomic E-state index is 9.04. The van der Waals surface area contributed by atoms with Crippen LogP contribution in [0.2, 0.25) is 5.02 Å². The smallest absolute Gasteiger partial charge is 0.101 e. The zero-order chi connectivity index (χ0) is 22.6. The van der Waals surface area contributed by atoms with E-state index in [1.54, 1.807) is 31.3 Å². The molecule has 1 unspecified atom stereocenters. The topological polar surface area (TPSA) is 105 Å². The second-order valence-electron chi connectivity index (χ2n) is 7.21. The van der Waals surface area contributed by atoms with Crippen molar-refractivity contribution in [3.8, 4) is 12.1 Å². The molecule has 0 saturated heterocycles. The fourth-order valence-electron chi connectivity index (χ4n) is 2.87. The van der Waals surface area contributed by atoms with Crippen molar-refractivity contribution >= 4 is 29.2 Å². The monoisotopic (exact) mass is 435 g/mol. The van der Waals surface area contributed by atoms with Crippen molar-refractivity contribution in [2.45, 2.75) is 39.2 Å². The lowest BCUT2D eigenvalue weighted by Crippen LogP contribution is -2.22. The van der Waals surface area contributed by atoms with Crippen LogP contribution in [0.5, 0.6) is 0 Å². The maximum atomic E-state index is 9.04. The molecule has 1 atom stereocenters. The molecule has 1 aliphatic carbocycles. The summed E-state index contributed by atoms with van der Waals surface area (Å²) >= 11 is 5.82. The van der Waals surface area contributed by atoms with Crippen LogP contribution in [0.25, 0.3) is 0 Å². The molecule has 160 valence electrons. The highest BCUT2D eigenvalue weighted by atomic mass is 35.5. The molecule has 0 bridgehead atoms. The zero-order valence-corrected chi connectivity index (χ0v) is 18.5. The number of nitriles is 2. The number of aliphatic hydroxyl groups is 1. The molecule has 0 aromatic heterocycles. The van der Waals surface area contributed by atoms with Gasteiger partial charge in [-0.05, 0) is 62.6 Å². The van der Waals surface area contributed by atoms with E-state index in [2.05, 4.69) is 21.6 Å². The van der Waals surface area contributed by atoms with E-state index in [0.717, 1.165) is 17.0 Å². The fourth-order valence-corrected chi connectivity index (χ4v) is 3.10. The number of hydrogen-bond acceptors (Lipinski definition) is 6. The van der Waals surface area contributed by atoms with Gasteiger partial charge in [-0.15, -0.1) is 0 Å². The molecule has 2 N–H and O–H groups in total. The van der Waals surface area contributed by atoms with Crippen LogP contribution in [0, 0.1) is 28.6 Å². The Bertz CT molecular complexity index is 996. The second-order valence-corrected chi connectivity index (χ2v) is 7.62. The first-order chi connectivity index (χ1) is 15.0. The average molecular weight is 436 g/mol. The van der Waals surface area contributed by atoms with E-state index in [4.69, 9.17) is 27.2 Å². The predicted octanol–water partition coefficient (Wildman–Crippen LogP) is 5.16. The summed E-state index contributed by atoms with van der Waals surface area (Å²) < 4.78 is 0. The van der Waals surface area contributed by atoms with Crippen LogP contribution >= 0.6 is 11.6 Å². The van der Waals surface area contributed by atoms with Crippen LogP contribution in [0.4, 0.5) is 5.69 Å². The number of benzene rings is 2. The summed E-state index contributed by atoms with van der Waals surface area (Å²) in [4.78, 5) is 0. The molecule has 1 saturated carbocycles. The Morgan fingerprint density at radius 2 is 1.94 bits per heavy atom. The van der Waals surface area contributed by atoms with Crippen molar-refractivity contribution in [2.24, 2.45) is 16.1 Å². The summed E-state index contributed by atoms with van der Waals surface area (Å²) in [6, 6.07) is 16.8. The lowest BCUT2D eigenvalue weighted by atomic mass is 9.79. The Morgan fingerprint density at radius 3 is 2.42 bits per heavy atom. The SMILES string of the molecule is C/C=N\N=C(\c1ccc(C#N)cc1)C1CCC1.CC(O)CNc1ccc(C#N)c(Cl)c1. The van der Waals surface area contributed by atoms with Gasteiger partial charge in [0.2, 0.25) is 0 Å². The molecule has 31 heavy (non-hydrogen) atoms. The van der Waals surface area contributed by atoms with Crippen LogP contribution in [0.15, 0.2) is 52.7 Å². The number of anilines is 1. The van der Waals surface area contributed by atoms with Crippen molar-refractivity contribution in [3.63, 3.8) is 0 Å². The maximum Gasteiger partial charge on any atom is 0.101 e. The van der Waals surface area contributed by atoms with Crippen LogP contribution < -0.4 is 5.32 Å². The standard InChI is InChI=1S/C14H15N3.C10H11ClN2O/c1-2-16-17-14(12-4-3-5-12)13-8-6-11(10-15)7-9-13;1-7(14)6-13-9-3-2-8(5-12)10(11)4-9/h2,6-9,12H,3-5H2,1H3;2-4,7,13-14H,6H2,1H3/b16-2-,17-14+;. The van der Waals surface area contributed by atoms with Gasteiger partial charge >= 0.3 is 0 Å². The van der Waals surface area contributed by atoms with Gasteiger partial charge in [-0.2, -0.15) is 20.7 Å². The van der Waals surface area contributed by atoms with Crippen molar-refractivity contribution in [2.75, 3.05) is 11.9 Å². The minimum atomic E-state index is -0.413. The number of nitrogens with one attached hydrogen (secondary N) is 1. The van der Waals surface area contributed by atoms with Gasteiger partial charge < -0.3 is 10.4 Å². The zero-order valence-electron chi connectivity index (χ0n) is 17.7.